The van der Waals surface area contributed by atoms with Gasteiger partial charge >= 0.3 is 5.97 Å². The Kier molecular flexibility index (Phi) is 4.60. The lowest BCUT2D eigenvalue weighted by Crippen LogP contribution is -2.13. The molecule has 0 unspecified atom stereocenters. The molecule has 1 heterocycles. The molecule has 1 aliphatic rings. The molecule has 0 saturated carbocycles. The number of hydrogen-bond donors (Lipinski definition) is 1. The van der Waals surface area contributed by atoms with Gasteiger partial charge in [0, 0.05) is 11.0 Å². The molecule has 2 rings (SSSR count). The average molecular weight is 293 g/mol. The molecular weight excluding hydrogens is 274 g/mol. The molecular formula is C15H19NO3S. The molecule has 1 aromatic heterocycles. The Morgan fingerprint density at radius 3 is 2.60 bits per heavy atom. The molecule has 0 aliphatic heterocycles. The molecule has 20 heavy (non-hydrogen) atoms. The number of carbonyl (C=O) groups is 2. The van der Waals surface area contributed by atoms with Crippen molar-refractivity contribution in [1.29, 1.82) is 0 Å². The summed E-state index contributed by atoms with van der Waals surface area (Å²) in [6, 6.07) is 0. The molecule has 0 atom stereocenters. The third-order valence-corrected chi connectivity index (χ3v) is 4.42. The van der Waals surface area contributed by atoms with Gasteiger partial charge in [0.15, 0.2) is 0 Å². The highest BCUT2D eigenvalue weighted by Gasteiger charge is 2.26. The normalized spacial score (nSPS) is 13.3. The van der Waals surface area contributed by atoms with Crippen LogP contribution in [0.25, 0.3) is 0 Å². The van der Waals surface area contributed by atoms with Crippen LogP contribution in [-0.4, -0.2) is 19.0 Å². The molecule has 0 bridgehead atoms. The number of aryl methyl sites for hydroxylation is 1. The standard InChI is InChI=1S/C15H19NO3S/c1-9(2)8-12(17)16-14-13(15(18)19-3)10-6-4-5-7-11(10)20-14/h8H,4-7H2,1-3H3,(H,16,17). The van der Waals surface area contributed by atoms with E-state index in [1.807, 2.05) is 13.8 Å². The summed E-state index contributed by atoms with van der Waals surface area (Å²) in [5.74, 6) is -0.564. The smallest absolute Gasteiger partial charge is 0.341 e. The van der Waals surface area contributed by atoms with Crippen molar-refractivity contribution in [3.63, 3.8) is 0 Å². The van der Waals surface area contributed by atoms with Crippen molar-refractivity contribution in [1.82, 2.24) is 0 Å². The van der Waals surface area contributed by atoms with Crippen molar-refractivity contribution in [3.05, 3.63) is 27.7 Å². The van der Waals surface area contributed by atoms with Crippen LogP contribution in [0.4, 0.5) is 5.00 Å². The Morgan fingerprint density at radius 1 is 1.25 bits per heavy atom. The van der Waals surface area contributed by atoms with E-state index in [9.17, 15) is 9.59 Å². The van der Waals surface area contributed by atoms with E-state index < -0.39 is 0 Å². The van der Waals surface area contributed by atoms with Gasteiger partial charge in [0.1, 0.15) is 5.00 Å². The molecule has 4 nitrogen and oxygen atoms in total. The Labute approximate surface area is 122 Å². The summed E-state index contributed by atoms with van der Waals surface area (Å²) in [6.45, 7) is 3.72. The topological polar surface area (TPSA) is 55.4 Å². The quantitative estimate of drug-likeness (QED) is 0.687. The number of allylic oxidation sites excluding steroid dienone is 1. The SMILES string of the molecule is COC(=O)c1c(NC(=O)C=C(C)C)sc2c1CCCC2. The van der Waals surface area contributed by atoms with Crippen LogP contribution in [0.3, 0.4) is 0 Å². The Hall–Kier alpha value is -1.62. The zero-order chi connectivity index (χ0) is 14.7. The molecule has 1 aliphatic carbocycles. The molecule has 1 N–H and O–H groups in total. The van der Waals surface area contributed by atoms with Gasteiger partial charge in [-0.25, -0.2) is 4.79 Å². The molecule has 1 aromatic rings. The second kappa shape index (κ2) is 6.22. The van der Waals surface area contributed by atoms with Crippen molar-refractivity contribution < 1.29 is 14.3 Å². The van der Waals surface area contributed by atoms with Crippen LogP contribution < -0.4 is 5.32 Å². The minimum atomic E-state index is -0.364. The van der Waals surface area contributed by atoms with E-state index in [4.69, 9.17) is 4.74 Å². The van der Waals surface area contributed by atoms with Gasteiger partial charge in [-0.2, -0.15) is 0 Å². The number of ether oxygens (including phenoxy) is 1. The summed E-state index contributed by atoms with van der Waals surface area (Å²) in [4.78, 5) is 25.1. The Bertz CT molecular complexity index is 568. The minimum absolute atomic E-state index is 0.200. The fourth-order valence-electron chi connectivity index (χ4n) is 2.38. The van der Waals surface area contributed by atoms with Crippen LogP contribution in [0.2, 0.25) is 0 Å². The minimum Gasteiger partial charge on any atom is -0.465 e. The monoisotopic (exact) mass is 293 g/mol. The molecule has 0 radical (unpaired) electrons. The van der Waals surface area contributed by atoms with Crippen molar-refractivity contribution >= 4 is 28.2 Å². The highest BCUT2D eigenvalue weighted by Crippen LogP contribution is 2.38. The van der Waals surface area contributed by atoms with E-state index in [0.717, 1.165) is 36.8 Å². The average Bonchev–Trinajstić information content (AvgIpc) is 2.74. The predicted octanol–water partition coefficient (Wildman–Crippen LogP) is 3.32. The molecule has 1 amide bonds. The maximum atomic E-state index is 12.0. The number of rotatable bonds is 3. The number of carbonyl (C=O) groups excluding carboxylic acids is 2. The second-order valence-electron chi connectivity index (χ2n) is 5.12. The first kappa shape index (κ1) is 14.8. The van der Waals surface area contributed by atoms with Gasteiger partial charge in [0.25, 0.3) is 0 Å². The third kappa shape index (κ3) is 3.10. The van der Waals surface area contributed by atoms with Crippen molar-refractivity contribution in [3.8, 4) is 0 Å². The summed E-state index contributed by atoms with van der Waals surface area (Å²) in [7, 11) is 1.37. The molecule has 0 fully saturated rings. The number of nitrogens with one attached hydrogen (secondary N) is 1. The van der Waals surface area contributed by atoms with Gasteiger partial charge in [0.2, 0.25) is 5.91 Å². The van der Waals surface area contributed by atoms with E-state index in [1.54, 1.807) is 0 Å². The lowest BCUT2D eigenvalue weighted by atomic mass is 9.95. The number of thiophene rings is 1. The van der Waals surface area contributed by atoms with Gasteiger partial charge in [-0.3, -0.25) is 4.79 Å². The van der Waals surface area contributed by atoms with Crippen LogP contribution in [0, 0.1) is 0 Å². The van der Waals surface area contributed by atoms with E-state index in [1.165, 1.54) is 29.4 Å². The summed E-state index contributed by atoms with van der Waals surface area (Å²) in [5.41, 5.74) is 2.52. The molecule has 5 heteroatoms. The maximum absolute atomic E-state index is 12.0. The highest BCUT2D eigenvalue weighted by atomic mass is 32.1. The summed E-state index contributed by atoms with van der Waals surface area (Å²) < 4.78 is 4.87. The van der Waals surface area contributed by atoms with Gasteiger partial charge in [0.05, 0.1) is 12.7 Å². The first-order valence-corrected chi connectivity index (χ1v) is 7.53. The van der Waals surface area contributed by atoms with E-state index >= 15 is 0 Å². The number of esters is 1. The van der Waals surface area contributed by atoms with E-state index in [-0.39, 0.29) is 11.9 Å². The van der Waals surface area contributed by atoms with Crippen molar-refractivity contribution in [2.45, 2.75) is 39.5 Å². The van der Waals surface area contributed by atoms with Crippen LogP contribution in [0.15, 0.2) is 11.6 Å². The first-order valence-electron chi connectivity index (χ1n) is 6.71. The Balaban J connectivity index is 2.37. The summed E-state index contributed by atoms with van der Waals surface area (Å²) in [6.07, 6.45) is 5.60. The lowest BCUT2D eigenvalue weighted by Gasteiger charge is -2.11. The summed E-state index contributed by atoms with van der Waals surface area (Å²) in [5, 5.41) is 3.43. The van der Waals surface area contributed by atoms with Gasteiger partial charge in [-0.1, -0.05) is 5.57 Å². The zero-order valence-electron chi connectivity index (χ0n) is 12.0. The van der Waals surface area contributed by atoms with Crippen molar-refractivity contribution in [2.24, 2.45) is 0 Å². The summed E-state index contributed by atoms with van der Waals surface area (Å²) >= 11 is 1.50. The van der Waals surface area contributed by atoms with Gasteiger partial charge in [-0.05, 0) is 45.1 Å². The molecule has 0 spiro atoms. The van der Waals surface area contributed by atoms with Gasteiger partial charge in [-0.15, -0.1) is 11.3 Å². The van der Waals surface area contributed by atoms with E-state index in [2.05, 4.69) is 5.32 Å². The van der Waals surface area contributed by atoms with Crippen molar-refractivity contribution in [2.75, 3.05) is 12.4 Å². The van der Waals surface area contributed by atoms with E-state index in [0.29, 0.717) is 10.6 Å². The predicted molar refractivity (Wildman–Crippen MR) is 80.4 cm³/mol. The number of anilines is 1. The third-order valence-electron chi connectivity index (χ3n) is 3.22. The second-order valence-corrected chi connectivity index (χ2v) is 6.22. The fraction of sp³-hybridized carbons (Fsp3) is 0.467. The van der Waals surface area contributed by atoms with Crippen LogP contribution >= 0.6 is 11.3 Å². The Morgan fingerprint density at radius 2 is 1.95 bits per heavy atom. The number of amides is 1. The van der Waals surface area contributed by atoms with Crippen LogP contribution in [-0.2, 0) is 22.4 Å². The number of fused-ring (bicyclic) bond motifs is 1. The zero-order valence-corrected chi connectivity index (χ0v) is 12.9. The largest absolute Gasteiger partial charge is 0.465 e. The lowest BCUT2D eigenvalue weighted by molar-refractivity contribution is -0.111. The highest BCUT2D eigenvalue weighted by molar-refractivity contribution is 7.17. The fourth-order valence-corrected chi connectivity index (χ4v) is 3.66. The molecule has 0 saturated heterocycles. The molecule has 108 valence electrons. The molecule has 0 aromatic carbocycles. The maximum Gasteiger partial charge on any atom is 0.341 e. The van der Waals surface area contributed by atoms with Crippen LogP contribution in [0.5, 0.6) is 0 Å². The van der Waals surface area contributed by atoms with Crippen LogP contribution in [0.1, 0.15) is 47.5 Å². The first-order chi connectivity index (χ1) is 9.52. The van der Waals surface area contributed by atoms with Gasteiger partial charge < -0.3 is 10.1 Å². The number of hydrogen-bond acceptors (Lipinski definition) is 4. The number of methoxy groups -OCH3 is 1.